The third-order valence-corrected chi connectivity index (χ3v) is 9.54. The van der Waals surface area contributed by atoms with Crippen LogP contribution in [0.2, 0.25) is 0 Å². The number of aliphatic carboxylic acids is 1. The zero-order valence-electron chi connectivity index (χ0n) is 31.6. The molecule has 0 spiro atoms. The average Bonchev–Trinajstić information content (AvgIpc) is 3.15. The molecule has 54 heavy (non-hydrogen) atoms. The van der Waals surface area contributed by atoms with Gasteiger partial charge in [-0.3, -0.25) is 14.4 Å². The maximum absolute atomic E-state index is 13.9. The predicted octanol–water partition coefficient (Wildman–Crippen LogP) is 6.85. The number of unbranched alkanes of at least 4 members (excludes halogenated alkanes) is 12. The number of phenolic OH excluding ortho intramolecular Hbond substituents is 3. The van der Waals surface area contributed by atoms with Crippen LogP contribution in [-0.4, -0.2) is 62.2 Å². The molecule has 11 heteroatoms. The second-order valence-electron chi connectivity index (χ2n) is 14.2. The van der Waals surface area contributed by atoms with E-state index in [1.807, 2.05) is 0 Å². The summed E-state index contributed by atoms with van der Waals surface area (Å²) in [5.74, 6) is -2.87. The average molecular weight is 746 g/mol. The van der Waals surface area contributed by atoms with E-state index in [0.717, 1.165) is 19.3 Å². The van der Waals surface area contributed by atoms with Crippen molar-refractivity contribution in [3.63, 3.8) is 0 Å². The number of carboxylic acid groups (broad SMARTS) is 1. The zero-order valence-corrected chi connectivity index (χ0v) is 31.6. The number of nitrogens with one attached hydrogen (secondary N) is 3. The molecule has 3 amide bonds. The molecule has 3 rings (SSSR count). The summed E-state index contributed by atoms with van der Waals surface area (Å²) in [7, 11) is 0. The van der Waals surface area contributed by atoms with E-state index in [-0.39, 0.29) is 48.8 Å². The molecule has 3 aromatic carbocycles. The van der Waals surface area contributed by atoms with Crippen LogP contribution in [0.4, 0.5) is 0 Å². The van der Waals surface area contributed by atoms with Crippen molar-refractivity contribution in [2.24, 2.45) is 0 Å². The molecule has 0 aliphatic heterocycles. The Kier molecular flexibility index (Phi) is 19.5. The topological polar surface area (TPSA) is 185 Å². The summed E-state index contributed by atoms with van der Waals surface area (Å²) in [6, 6.07) is 14.7. The minimum absolute atomic E-state index is 0.0174. The first-order valence-corrected chi connectivity index (χ1v) is 19.5. The number of hydrogen-bond acceptors (Lipinski definition) is 7. The molecule has 0 unspecified atom stereocenters. The van der Waals surface area contributed by atoms with E-state index in [1.165, 1.54) is 94.2 Å². The Morgan fingerprint density at radius 1 is 0.463 bits per heavy atom. The standard InChI is InChI=1S/C43H59N3O8/c1-2-3-4-5-6-7-8-9-10-11-12-13-14-15-40(50)44-37(28-31-16-22-34(47)23-17-31)41(51)45-38(29-32-18-24-35(48)25-19-32)42(52)46-39(43(53)54)30-33-20-26-36(49)27-21-33/h16-27,37-39,47-49H,2-15,28-30H2,1H3,(H,44,50)(H,45,51)(H,46,52)(H,53,54)/t37-,38-,39-/m0/s1. The van der Waals surface area contributed by atoms with Gasteiger partial charge in [0.25, 0.3) is 0 Å². The van der Waals surface area contributed by atoms with E-state index in [0.29, 0.717) is 23.1 Å². The summed E-state index contributed by atoms with van der Waals surface area (Å²) in [5.41, 5.74) is 1.84. The first-order valence-electron chi connectivity index (χ1n) is 19.5. The number of phenols is 3. The molecule has 0 saturated heterocycles. The number of carbonyl (C=O) groups excluding carboxylic acids is 3. The number of amides is 3. The molecule has 0 heterocycles. The first kappa shape index (κ1) is 43.3. The fourth-order valence-electron chi connectivity index (χ4n) is 6.34. The third-order valence-electron chi connectivity index (χ3n) is 9.54. The maximum Gasteiger partial charge on any atom is 0.326 e. The van der Waals surface area contributed by atoms with E-state index >= 15 is 0 Å². The highest BCUT2D eigenvalue weighted by Crippen LogP contribution is 2.17. The fourth-order valence-corrected chi connectivity index (χ4v) is 6.34. The summed E-state index contributed by atoms with van der Waals surface area (Å²) in [4.78, 5) is 53.0. The quantitative estimate of drug-likeness (QED) is 0.0435. The van der Waals surface area contributed by atoms with Gasteiger partial charge in [-0.2, -0.15) is 0 Å². The van der Waals surface area contributed by atoms with Crippen molar-refractivity contribution >= 4 is 23.7 Å². The molecule has 0 aliphatic carbocycles. The van der Waals surface area contributed by atoms with E-state index in [9.17, 15) is 39.6 Å². The molecule has 0 bridgehead atoms. The number of benzene rings is 3. The van der Waals surface area contributed by atoms with Gasteiger partial charge >= 0.3 is 5.97 Å². The van der Waals surface area contributed by atoms with Gasteiger partial charge in [-0.05, 0) is 59.5 Å². The summed E-state index contributed by atoms with van der Waals surface area (Å²) < 4.78 is 0. The monoisotopic (exact) mass is 745 g/mol. The summed E-state index contributed by atoms with van der Waals surface area (Å²) in [6.07, 6.45) is 15.6. The molecule has 3 atom stereocenters. The Morgan fingerprint density at radius 2 is 0.778 bits per heavy atom. The van der Waals surface area contributed by atoms with Crippen molar-refractivity contribution in [3.05, 3.63) is 89.5 Å². The van der Waals surface area contributed by atoms with Gasteiger partial charge in [0.2, 0.25) is 17.7 Å². The molecule has 7 N–H and O–H groups in total. The maximum atomic E-state index is 13.9. The minimum Gasteiger partial charge on any atom is -0.508 e. The number of carbonyl (C=O) groups is 4. The highest BCUT2D eigenvalue weighted by Gasteiger charge is 2.30. The molecule has 3 aromatic rings. The summed E-state index contributed by atoms with van der Waals surface area (Å²) in [6.45, 7) is 2.23. The normalized spacial score (nSPS) is 12.7. The van der Waals surface area contributed by atoms with Crippen LogP contribution in [0.1, 0.15) is 114 Å². The molecule has 0 radical (unpaired) electrons. The number of hydrogen-bond donors (Lipinski definition) is 7. The highest BCUT2D eigenvalue weighted by atomic mass is 16.4. The van der Waals surface area contributed by atoms with Gasteiger partial charge in [-0.1, -0.05) is 120 Å². The van der Waals surface area contributed by atoms with Gasteiger partial charge in [-0.25, -0.2) is 4.79 Å². The number of aromatic hydroxyl groups is 3. The Bertz CT molecular complexity index is 1560. The predicted molar refractivity (Wildman–Crippen MR) is 209 cm³/mol. The third kappa shape index (κ3) is 17.2. The molecule has 294 valence electrons. The smallest absolute Gasteiger partial charge is 0.326 e. The number of carboxylic acids is 1. The van der Waals surface area contributed by atoms with Gasteiger partial charge in [-0.15, -0.1) is 0 Å². The van der Waals surface area contributed by atoms with E-state index in [2.05, 4.69) is 22.9 Å². The SMILES string of the molecule is CCCCCCCCCCCCCCCC(=O)N[C@@H](Cc1ccc(O)cc1)C(=O)N[C@@H](Cc1ccc(O)cc1)C(=O)N[C@@H](Cc1ccc(O)cc1)C(=O)O. The second-order valence-corrected chi connectivity index (χ2v) is 14.2. The summed E-state index contributed by atoms with van der Waals surface area (Å²) in [5, 5.41) is 47.2. The van der Waals surface area contributed by atoms with Gasteiger partial charge in [0.05, 0.1) is 0 Å². The van der Waals surface area contributed by atoms with Crippen LogP contribution in [0.15, 0.2) is 72.8 Å². The van der Waals surface area contributed by atoms with Crippen molar-refractivity contribution in [2.45, 2.75) is 134 Å². The van der Waals surface area contributed by atoms with Crippen molar-refractivity contribution in [2.75, 3.05) is 0 Å². The Balaban J connectivity index is 1.63. The molecular formula is C43H59N3O8. The van der Waals surface area contributed by atoms with Crippen LogP contribution >= 0.6 is 0 Å². The van der Waals surface area contributed by atoms with Crippen LogP contribution in [0, 0.1) is 0 Å². The van der Waals surface area contributed by atoms with Crippen LogP contribution in [-0.2, 0) is 38.4 Å². The van der Waals surface area contributed by atoms with Gasteiger partial charge in [0.1, 0.15) is 35.4 Å². The fraction of sp³-hybridized carbons (Fsp3) is 0.488. The van der Waals surface area contributed by atoms with Gasteiger partial charge in [0.15, 0.2) is 0 Å². The van der Waals surface area contributed by atoms with Crippen LogP contribution in [0.25, 0.3) is 0 Å². The van der Waals surface area contributed by atoms with Crippen LogP contribution in [0.5, 0.6) is 17.2 Å². The highest BCUT2D eigenvalue weighted by molar-refractivity contribution is 5.93. The first-order chi connectivity index (χ1) is 26.0. The lowest BCUT2D eigenvalue weighted by molar-refractivity contribution is -0.142. The lowest BCUT2D eigenvalue weighted by Crippen LogP contribution is -2.57. The van der Waals surface area contributed by atoms with E-state index < -0.39 is 35.9 Å². The van der Waals surface area contributed by atoms with Crippen molar-refractivity contribution in [1.29, 1.82) is 0 Å². The van der Waals surface area contributed by atoms with Crippen molar-refractivity contribution in [3.8, 4) is 17.2 Å². The Hall–Kier alpha value is -5.06. The minimum atomic E-state index is -1.34. The molecule has 0 saturated carbocycles. The van der Waals surface area contributed by atoms with Gasteiger partial charge in [0, 0.05) is 25.7 Å². The molecule has 11 nitrogen and oxygen atoms in total. The Morgan fingerprint density at radius 3 is 1.15 bits per heavy atom. The van der Waals surface area contributed by atoms with E-state index in [1.54, 1.807) is 36.4 Å². The van der Waals surface area contributed by atoms with Gasteiger partial charge < -0.3 is 36.4 Å². The lowest BCUT2D eigenvalue weighted by atomic mass is 10.0. The second kappa shape index (κ2) is 24.3. The van der Waals surface area contributed by atoms with Crippen molar-refractivity contribution < 1.29 is 39.6 Å². The molecule has 0 aliphatic rings. The van der Waals surface area contributed by atoms with Crippen molar-refractivity contribution in [1.82, 2.24) is 16.0 Å². The zero-order chi connectivity index (χ0) is 39.1. The molecule has 0 aromatic heterocycles. The number of rotatable bonds is 26. The Labute approximate surface area is 319 Å². The molecule has 0 fully saturated rings. The molecular weight excluding hydrogens is 686 g/mol. The van der Waals surface area contributed by atoms with Crippen LogP contribution in [0.3, 0.4) is 0 Å². The van der Waals surface area contributed by atoms with E-state index in [4.69, 9.17) is 0 Å². The largest absolute Gasteiger partial charge is 0.508 e. The lowest BCUT2D eigenvalue weighted by Gasteiger charge is -2.25. The summed E-state index contributed by atoms with van der Waals surface area (Å²) >= 11 is 0. The van der Waals surface area contributed by atoms with Crippen LogP contribution < -0.4 is 16.0 Å².